The summed E-state index contributed by atoms with van der Waals surface area (Å²) in [6.07, 6.45) is 2.11. The molecule has 3 rings (SSSR count). The van der Waals surface area contributed by atoms with Gasteiger partial charge in [0.1, 0.15) is 5.82 Å². The third kappa shape index (κ3) is 2.85. The summed E-state index contributed by atoms with van der Waals surface area (Å²) in [6, 6.07) is 15.5. The number of benzene rings is 2. The van der Waals surface area contributed by atoms with E-state index >= 15 is 0 Å². The average Bonchev–Trinajstić information content (AvgIpc) is 2.47. The Morgan fingerprint density at radius 3 is 2.68 bits per heavy atom. The SMILES string of the molecule is Fc1ccc(CCC2CNCc3ccccc32)cc1. The predicted octanol–water partition coefficient (Wildman–Crippen LogP) is 3.65. The van der Waals surface area contributed by atoms with Gasteiger partial charge in [0.15, 0.2) is 0 Å². The van der Waals surface area contributed by atoms with Crippen molar-refractivity contribution in [3.05, 3.63) is 71.0 Å². The van der Waals surface area contributed by atoms with Crippen molar-refractivity contribution in [2.24, 2.45) is 0 Å². The van der Waals surface area contributed by atoms with E-state index < -0.39 is 0 Å². The van der Waals surface area contributed by atoms with Crippen molar-refractivity contribution in [3.63, 3.8) is 0 Å². The predicted molar refractivity (Wildman–Crippen MR) is 75.6 cm³/mol. The average molecular weight is 255 g/mol. The van der Waals surface area contributed by atoms with Gasteiger partial charge in [-0.2, -0.15) is 0 Å². The van der Waals surface area contributed by atoms with Crippen molar-refractivity contribution in [1.82, 2.24) is 5.32 Å². The van der Waals surface area contributed by atoms with Crippen molar-refractivity contribution in [2.75, 3.05) is 6.54 Å². The molecule has 1 aliphatic heterocycles. The molecule has 0 saturated carbocycles. The van der Waals surface area contributed by atoms with Gasteiger partial charge in [-0.05, 0) is 47.6 Å². The largest absolute Gasteiger partial charge is 0.312 e. The Balaban J connectivity index is 1.69. The summed E-state index contributed by atoms with van der Waals surface area (Å²) in [5, 5.41) is 3.48. The second-order valence-corrected chi connectivity index (χ2v) is 5.19. The van der Waals surface area contributed by atoms with Gasteiger partial charge in [-0.3, -0.25) is 0 Å². The molecule has 2 aromatic rings. The summed E-state index contributed by atoms with van der Waals surface area (Å²) in [4.78, 5) is 0. The van der Waals surface area contributed by atoms with Crippen LogP contribution in [0.1, 0.15) is 29.0 Å². The minimum atomic E-state index is -0.159. The second-order valence-electron chi connectivity index (χ2n) is 5.19. The number of hydrogen-bond donors (Lipinski definition) is 1. The molecule has 98 valence electrons. The first-order valence-corrected chi connectivity index (χ1v) is 6.86. The van der Waals surface area contributed by atoms with Crippen LogP contribution in [0.25, 0.3) is 0 Å². The van der Waals surface area contributed by atoms with Crippen LogP contribution in [-0.2, 0) is 13.0 Å². The zero-order chi connectivity index (χ0) is 13.1. The Bertz CT molecular complexity index is 547. The van der Waals surface area contributed by atoms with E-state index in [-0.39, 0.29) is 5.82 Å². The first-order chi connectivity index (χ1) is 9.33. The van der Waals surface area contributed by atoms with E-state index in [0.717, 1.165) is 25.9 Å². The highest BCUT2D eigenvalue weighted by Crippen LogP contribution is 2.27. The molecule has 0 spiro atoms. The van der Waals surface area contributed by atoms with E-state index in [4.69, 9.17) is 0 Å². The smallest absolute Gasteiger partial charge is 0.123 e. The van der Waals surface area contributed by atoms with Crippen molar-refractivity contribution in [1.29, 1.82) is 0 Å². The van der Waals surface area contributed by atoms with Gasteiger partial charge in [0.25, 0.3) is 0 Å². The number of aryl methyl sites for hydroxylation is 1. The summed E-state index contributed by atoms with van der Waals surface area (Å²) < 4.78 is 12.9. The molecule has 1 unspecified atom stereocenters. The molecule has 0 aliphatic carbocycles. The first kappa shape index (κ1) is 12.4. The molecule has 0 radical (unpaired) electrons. The topological polar surface area (TPSA) is 12.0 Å². The lowest BCUT2D eigenvalue weighted by atomic mass is 9.86. The van der Waals surface area contributed by atoms with E-state index in [1.54, 1.807) is 12.1 Å². The van der Waals surface area contributed by atoms with Gasteiger partial charge < -0.3 is 5.32 Å². The van der Waals surface area contributed by atoms with Gasteiger partial charge in [0.2, 0.25) is 0 Å². The highest BCUT2D eigenvalue weighted by Gasteiger charge is 2.18. The van der Waals surface area contributed by atoms with Crippen LogP contribution in [0, 0.1) is 5.82 Å². The number of rotatable bonds is 3. The van der Waals surface area contributed by atoms with Crippen molar-refractivity contribution in [3.8, 4) is 0 Å². The third-order valence-electron chi connectivity index (χ3n) is 3.90. The van der Waals surface area contributed by atoms with E-state index in [0.29, 0.717) is 5.92 Å². The number of fused-ring (bicyclic) bond motifs is 1. The van der Waals surface area contributed by atoms with Crippen molar-refractivity contribution >= 4 is 0 Å². The Kier molecular flexibility index (Phi) is 3.60. The normalized spacial score (nSPS) is 18.1. The molecule has 0 aromatic heterocycles. The maximum Gasteiger partial charge on any atom is 0.123 e. The molecule has 2 aromatic carbocycles. The summed E-state index contributed by atoms with van der Waals surface area (Å²) in [5.74, 6) is 0.406. The Morgan fingerprint density at radius 2 is 1.84 bits per heavy atom. The quantitative estimate of drug-likeness (QED) is 0.883. The Labute approximate surface area is 113 Å². The van der Waals surface area contributed by atoms with Gasteiger partial charge in [0, 0.05) is 13.1 Å². The van der Waals surface area contributed by atoms with Crippen LogP contribution in [-0.4, -0.2) is 6.54 Å². The molecule has 2 heteroatoms. The maximum atomic E-state index is 12.9. The monoisotopic (exact) mass is 255 g/mol. The number of hydrogen-bond acceptors (Lipinski definition) is 1. The fourth-order valence-electron chi connectivity index (χ4n) is 2.83. The number of halogens is 1. The Hall–Kier alpha value is -1.67. The van der Waals surface area contributed by atoms with Gasteiger partial charge in [0.05, 0.1) is 0 Å². The van der Waals surface area contributed by atoms with Gasteiger partial charge in [-0.25, -0.2) is 4.39 Å². The van der Waals surface area contributed by atoms with Crippen molar-refractivity contribution in [2.45, 2.75) is 25.3 Å². The van der Waals surface area contributed by atoms with E-state index in [1.165, 1.54) is 16.7 Å². The summed E-state index contributed by atoms with van der Waals surface area (Å²) in [6.45, 7) is 2.02. The molecule has 1 heterocycles. The first-order valence-electron chi connectivity index (χ1n) is 6.86. The lowest BCUT2D eigenvalue weighted by Crippen LogP contribution is -2.28. The highest BCUT2D eigenvalue weighted by atomic mass is 19.1. The molecule has 0 saturated heterocycles. The van der Waals surface area contributed by atoms with Crippen molar-refractivity contribution < 1.29 is 4.39 Å². The second kappa shape index (κ2) is 5.54. The molecule has 1 nitrogen and oxygen atoms in total. The zero-order valence-corrected chi connectivity index (χ0v) is 10.9. The lowest BCUT2D eigenvalue weighted by molar-refractivity contribution is 0.514. The molecule has 19 heavy (non-hydrogen) atoms. The summed E-state index contributed by atoms with van der Waals surface area (Å²) >= 11 is 0. The molecule has 0 amide bonds. The molecule has 1 N–H and O–H groups in total. The van der Waals surface area contributed by atoms with Crippen LogP contribution < -0.4 is 5.32 Å². The molecule has 1 atom stereocenters. The van der Waals surface area contributed by atoms with Gasteiger partial charge in [-0.1, -0.05) is 36.4 Å². The molecular formula is C17H18FN. The van der Waals surface area contributed by atoms with Crippen LogP contribution in [0.15, 0.2) is 48.5 Å². The summed E-state index contributed by atoms with van der Waals surface area (Å²) in [7, 11) is 0. The standard InChI is InChI=1S/C17H18FN/c18-16-9-6-13(7-10-16)5-8-15-12-19-11-14-3-1-2-4-17(14)15/h1-4,6-7,9-10,15,19H,5,8,11-12H2. The van der Waals surface area contributed by atoms with Crippen LogP contribution >= 0.6 is 0 Å². The molecule has 1 aliphatic rings. The minimum Gasteiger partial charge on any atom is -0.312 e. The van der Waals surface area contributed by atoms with Crippen LogP contribution in [0.3, 0.4) is 0 Å². The van der Waals surface area contributed by atoms with Crippen LogP contribution in [0.4, 0.5) is 4.39 Å². The lowest BCUT2D eigenvalue weighted by Gasteiger charge is -2.26. The fraction of sp³-hybridized carbons (Fsp3) is 0.294. The van der Waals surface area contributed by atoms with Gasteiger partial charge >= 0.3 is 0 Å². The zero-order valence-electron chi connectivity index (χ0n) is 10.9. The Morgan fingerprint density at radius 1 is 1.05 bits per heavy atom. The van der Waals surface area contributed by atoms with Crippen LogP contribution in [0.5, 0.6) is 0 Å². The molecular weight excluding hydrogens is 237 g/mol. The molecule has 0 bridgehead atoms. The highest BCUT2D eigenvalue weighted by molar-refractivity contribution is 5.33. The van der Waals surface area contributed by atoms with E-state index in [9.17, 15) is 4.39 Å². The van der Waals surface area contributed by atoms with Gasteiger partial charge in [-0.15, -0.1) is 0 Å². The van der Waals surface area contributed by atoms with E-state index in [2.05, 4.69) is 29.6 Å². The summed E-state index contributed by atoms with van der Waals surface area (Å²) in [5.41, 5.74) is 4.10. The fourth-order valence-corrected chi connectivity index (χ4v) is 2.83. The van der Waals surface area contributed by atoms with E-state index in [1.807, 2.05) is 12.1 Å². The van der Waals surface area contributed by atoms with Crippen LogP contribution in [0.2, 0.25) is 0 Å². The number of nitrogens with one attached hydrogen (secondary N) is 1. The third-order valence-corrected chi connectivity index (χ3v) is 3.90. The maximum absolute atomic E-state index is 12.9. The minimum absolute atomic E-state index is 0.159. The molecule has 0 fully saturated rings.